The van der Waals surface area contributed by atoms with Crippen molar-refractivity contribution < 1.29 is 18.7 Å². The molecule has 1 saturated carbocycles. The summed E-state index contributed by atoms with van der Waals surface area (Å²) in [5, 5.41) is 3.69. The molecule has 4 heterocycles. The van der Waals surface area contributed by atoms with Crippen molar-refractivity contribution >= 4 is 40.7 Å². The van der Waals surface area contributed by atoms with Crippen LogP contribution in [0.25, 0.3) is 0 Å². The summed E-state index contributed by atoms with van der Waals surface area (Å²) in [6, 6.07) is 8.72. The predicted molar refractivity (Wildman–Crippen MR) is 136 cm³/mol. The van der Waals surface area contributed by atoms with Gasteiger partial charge in [0.05, 0.1) is 36.6 Å². The third-order valence-electron chi connectivity index (χ3n) is 7.44. The molecule has 0 bridgehead atoms. The van der Waals surface area contributed by atoms with E-state index in [1.807, 2.05) is 4.90 Å². The maximum absolute atomic E-state index is 14.1. The van der Waals surface area contributed by atoms with Crippen molar-refractivity contribution in [2.45, 2.75) is 43.9 Å². The Bertz CT molecular complexity index is 1440. The molecule has 7 rings (SSSR count). The summed E-state index contributed by atoms with van der Waals surface area (Å²) in [6.45, 7) is 2.18. The molecule has 1 unspecified atom stereocenters. The number of aromatic nitrogens is 2. The van der Waals surface area contributed by atoms with E-state index in [0.29, 0.717) is 34.6 Å². The number of hydrogen-bond acceptors (Lipinski definition) is 8. The Morgan fingerprint density at radius 3 is 2.86 bits per heavy atom. The van der Waals surface area contributed by atoms with E-state index in [9.17, 15) is 9.18 Å². The number of esters is 1. The van der Waals surface area contributed by atoms with Gasteiger partial charge in [-0.2, -0.15) is 4.98 Å². The van der Waals surface area contributed by atoms with E-state index in [-0.39, 0.29) is 24.3 Å². The van der Waals surface area contributed by atoms with E-state index in [0.717, 1.165) is 43.8 Å². The van der Waals surface area contributed by atoms with Crippen molar-refractivity contribution in [3.63, 3.8) is 0 Å². The summed E-state index contributed by atoms with van der Waals surface area (Å²) in [5.41, 5.74) is 3.79. The number of benzene rings is 2. The van der Waals surface area contributed by atoms with Gasteiger partial charge in [0.2, 0.25) is 5.95 Å². The zero-order valence-electron chi connectivity index (χ0n) is 20.3. The second kappa shape index (κ2) is 8.29. The number of carbonyl (C=O) groups excluding carboxylic acids is 1. The van der Waals surface area contributed by atoms with Crippen LogP contribution in [0.5, 0.6) is 5.75 Å². The second-order valence-electron chi connectivity index (χ2n) is 10.3. The summed E-state index contributed by atoms with van der Waals surface area (Å²) in [7, 11) is 2.12. The van der Waals surface area contributed by atoms with Gasteiger partial charge >= 0.3 is 5.97 Å². The highest BCUT2D eigenvalue weighted by Gasteiger charge is 2.55. The quantitative estimate of drug-likeness (QED) is 0.478. The van der Waals surface area contributed by atoms with Gasteiger partial charge in [-0.25, -0.2) is 9.37 Å². The summed E-state index contributed by atoms with van der Waals surface area (Å²) in [6.07, 6.45) is 5.06. The van der Waals surface area contributed by atoms with E-state index in [2.05, 4.69) is 34.4 Å². The number of rotatable bonds is 5. The molecule has 1 atom stereocenters. The van der Waals surface area contributed by atoms with Crippen LogP contribution in [-0.4, -0.2) is 47.1 Å². The van der Waals surface area contributed by atoms with Crippen LogP contribution in [0.4, 0.5) is 27.5 Å². The Morgan fingerprint density at radius 1 is 1.24 bits per heavy atom. The average Bonchev–Trinajstić information content (AvgIpc) is 3.61. The van der Waals surface area contributed by atoms with Crippen molar-refractivity contribution in [1.29, 1.82) is 0 Å². The molecule has 1 saturated heterocycles. The van der Waals surface area contributed by atoms with Gasteiger partial charge in [-0.15, -0.1) is 0 Å². The van der Waals surface area contributed by atoms with Crippen LogP contribution in [-0.2, 0) is 28.1 Å². The highest BCUT2D eigenvalue weighted by atomic mass is 35.5. The van der Waals surface area contributed by atoms with Crippen molar-refractivity contribution in [2.75, 3.05) is 30.4 Å². The number of anilines is 4. The first kappa shape index (κ1) is 22.7. The molecule has 0 radical (unpaired) electrons. The highest BCUT2D eigenvalue weighted by molar-refractivity contribution is 6.33. The van der Waals surface area contributed by atoms with Gasteiger partial charge in [-0.3, -0.25) is 4.79 Å². The smallest absolute Gasteiger partial charge is 0.311 e. The van der Waals surface area contributed by atoms with Gasteiger partial charge < -0.3 is 24.6 Å². The molecule has 2 aromatic carbocycles. The minimum atomic E-state index is -0.897. The Hall–Kier alpha value is -3.43. The van der Waals surface area contributed by atoms with Crippen LogP contribution in [0.1, 0.15) is 36.0 Å². The average molecular weight is 522 g/mol. The van der Waals surface area contributed by atoms with Crippen LogP contribution in [0.2, 0.25) is 5.02 Å². The molecular formula is C27H25ClFN5O3. The van der Waals surface area contributed by atoms with Gasteiger partial charge in [-0.1, -0.05) is 11.6 Å². The minimum Gasteiger partial charge on any atom is -0.488 e. The van der Waals surface area contributed by atoms with Crippen molar-refractivity contribution in [2.24, 2.45) is 0 Å². The maximum Gasteiger partial charge on any atom is 0.311 e. The lowest BCUT2D eigenvalue weighted by molar-refractivity contribution is -0.190. The first-order chi connectivity index (χ1) is 17.9. The monoisotopic (exact) mass is 521 g/mol. The zero-order chi connectivity index (χ0) is 25.3. The van der Waals surface area contributed by atoms with Crippen LogP contribution >= 0.6 is 11.6 Å². The minimum absolute atomic E-state index is 0.180. The Labute approximate surface area is 218 Å². The third kappa shape index (κ3) is 3.97. The maximum atomic E-state index is 14.1. The van der Waals surface area contributed by atoms with E-state index < -0.39 is 5.60 Å². The van der Waals surface area contributed by atoms with Gasteiger partial charge in [0.25, 0.3) is 0 Å². The molecule has 1 aromatic heterocycles. The Balaban J connectivity index is 1.24. The van der Waals surface area contributed by atoms with Crippen LogP contribution in [0, 0.1) is 5.82 Å². The lowest BCUT2D eigenvalue weighted by Crippen LogP contribution is -2.47. The number of halogens is 2. The molecule has 37 heavy (non-hydrogen) atoms. The molecule has 1 aliphatic carbocycles. The predicted octanol–water partition coefficient (Wildman–Crippen LogP) is 4.84. The topological polar surface area (TPSA) is 79.8 Å². The van der Waals surface area contributed by atoms with Gasteiger partial charge in [0, 0.05) is 18.7 Å². The Kier molecular flexibility index (Phi) is 5.10. The number of hydrogen-bond donors (Lipinski definition) is 1. The van der Waals surface area contributed by atoms with E-state index in [1.54, 1.807) is 12.3 Å². The van der Waals surface area contributed by atoms with E-state index in [4.69, 9.17) is 26.1 Å². The number of nitrogens with one attached hydrogen (secondary N) is 1. The van der Waals surface area contributed by atoms with Gasteiger partial charge in [0.15, 0.2) is 11.4 Å². The molecular weight excluding hydrogens is 497 g/mol. The van der Waals surface area contributed by atoms with Crippen molar-refractivity contribution in [3.8, 4) is 5.75 Å². The van der Waals surface area contributed by atoms with E-state index in [1.165, 1.54) is 23.3 Å². The lowest BCUT2D eigenvalue weighted by atomic mass is 9.88. The molecule has 1 N–H and O–H groups in total. The molecule has 190 valence electrons. The fourth-order valence-corrected chi connectivity index (χ4v) is 5.61. The standard InChI is InChI=1S/C27H25ClFN5O3/c1-33-7-6-15-9-23(36-18-3-4-18)21(8-16(15)13-33)31-26-30-12-20(28)25(32-26)34-14-27(11-24(35)37-27)19-10-17(29)2-5-22(19)34/h2,5,8-10,12,18H,3-4,6-7,11,13-14H2,1H3,(H,30,31,32). The zero-order valence-corrected chi connectivity index (χ0v) is 21.0. The molecule has 0 amide bonds. The summed E-state index contributed by atoms with van der Waals surface area (Å²) < 4.78 is 25.9. The fraction of sp³-hybridized carbons (Fsp3) is 0.370. The first-order valence-electron chi connectivity index (χ1n) is 12.5. The molecule has 3 aliphatic heterocycles. The number of likely N-dealkylation sites (N-methyl/N-ethyl adjacent to an activating group) is 1. The highest BCUT2D eigenvalue weighted by Crippen LogP contribution is 2.52. The summed E-state index contributed by atoms with van der Waals surface area (Å²) in [4.78, 5) is 25.1. The first-order valence-corrected chi connectivity index (χ1v) is 12.8. The van der Waals surface area contributed by atoms with Crippen molar-refractivity contribution in [3.05, 3.63) is 64.1 Å². The number of nitrogens with zero attached hydrogens (tertiary/aromatic N) is 4. The summed E-state index contributed by atoms with van der Waals surface area (Å²) >= 11 is 6.57. The number of ether oxygens (including phenoxy) is 2. The SMILES string of the molecule is CN1CCc2cc(OC3CC3)c(Nc3ncc(Cl)c(N4CC5(CC(=O)O5)c5cc(F)ccc54)n3)cc2C1. The van der Waals surface area contributed by atoms with E-state index >= 15 is 0 Å². The Morgan fingerprint density at radius 2 is 2.08 bits per heavy atom. The normalized spacial score (nSPS) is 22.4. The fourth-order valence-electron chi connectivity index (χ4n) is 5.42. The van der Waals surface area contributed by atoms with Crippen LogP contribution < -0.4 is 15.0 Å². The van der Waals surface area contributed by atoms with Gasteiger partial charge in [-0.05, 0) is 67.8 Å². The van der Waals surface area contributed by atoms with Gasteiger partial charge in [0.1, 0.15) is 16.6 Å². The molecule has 10 heteroatoms. The molecule has 4 aliphatic rings. The molecule has 3 aromatic rings. The largest absolute Gasteiger partial charge is 0.488 e. The number of carbonyl (C=O) groups is 1. The summed E-state index contributed by atoms with van der Waals surface area (Å²) in [5.74, 6) is 0.913. The lowest BCUT2D eigenvalue weighted by Gasteiger charge is -2.37. The third-order valence-corrected chi connectivity index (χ3v) is 7.71. The molecule has 1 spiro atoms. The van der Waals surface area contributed by atoms with Crippen LogP contribution in [0.15, 0.2) is 36.5 Å². The second-order valence-corrected chi connectivity index (χ2v) is 10.7. The van der Waals surface area contributed by atoms with Crippen molar-refractivity contribution in [1.82, 2.24) is 14.9 Å². The molecule has 8 nitrogen and oxygen atoms in total. The van der Waals surface area contributed by atoms with Crippen LogP contribution in [0.3, 0.4) is 0 Å². The molecule has 2 fully saturated rings. The number of fused-ring (bicyclic) bond motifs is 3.